The number of aromatic nitrogens is 1. The van der Waals surface area contributed by atoms with Crippen LogP contribution >= 0.6 is 11.3 Å². The van der Waals surface area contributed by atoms with E-state index in [0.29, 0.717) is 22.6 Å². The molecule has 27 heavy (non-hydrogen) atoms. The molecule has 0 spiro atoms. The minimum atomic E-state index is -0.429. The van der Waals surface area contributed by atoms with Crippen molar-refractivity contribution >= 4 is 23.1 Å². The molecule has 3 aromatic rings. The summed E-state index contributed by atoms with van der Waals surface area (Å²) in [7, 11) is 0. The largest absolute Gasteiger partial charge is 0.461 e. The van der Waals surface area contributed by atoms with Crippen molar-refractivity contribution in [2.24, 2.45) is 0 Å². The zero-order chi connectivity index (χ0) is 19.2. The Morgan fingerprint density at radius 2 is 1.78 bits per heavy atom. The first kappa shape index (κ1) is 18.9. The van der Waals surface area contributed by atoms with Gasteiger partial charge in [-0.1, -0.05) is 30.3 Å². The van der Waals surface area contributed by atoms with Crippen molar-refractivity contribution < 1.29 is 18.7 Å². The van der Waals surface area contributed by atoms with E-state index < -0.39 is 5.97 Å². The van der Waals surface area contributed by atoms with Crippen molar-refractivity contribution in [1.82, 2.24) is 4.98 Å². The van der Waals surface area contributed by atoms with Crippen LogP contribution < -0.4 is 0 Å². The average Bonchev–Trinajstić information content (AvgIpc) is 3.08. The molecule has 0 aliphatic carbocycles. The Labute approximate surface area is 160 Å². The molecule has 4 nitrogen and oxygen atoms in total. The third kappa shape index (κ3) is 4.86. The molecule has 0 unspecified atom stereocenters. The molecule has 1 aromatic heterocycles. The van der Waals surface area contributed by atoms with E-state index in [9.17, 15) is 14.0 Å². The molecular weight excluding hydrogens is 365 g/mol. The smallest absolute Gasteiger partial charge is 0.350 e. The van der Waals surface area contributed by atoms with E-state index >= 15 is 0 Å². The van der Waals surface area contributed by atoms with Crippen molar-refractivity contribution in [1.29, 1.82) is 0 Å². The predicted molar refractivity (Wildman–Crippen MR) is 103 cm³/mol. The lowest BCUT2D eigenvalue weighted by Crippen LogP contribution is -2.08. The summed E-state index contributed by atoms with van der Waals surface area (Å²) < 4.78 is 18.2. The summed E-state index contributed by atoms with van der Waals surface area (Å²) in [6, 6.07) is 15.1. The average molecular weight is 383 g/mol. The number of Topliss-reactive ketones (excluding diaryl/α,β-unsaturated/α-hetero) is 1. The molecule has 0 aliphatic rings. The summed E-state index contributed by atoms with van der Waals surface area (Å²) in [6.45, 7) is 1.92. The third-order valence-corrected chi connectivity index (χ3v) is 5.14. The fourth-order valence-electron chi connectivity index (χ4n) is 2.53. The van der Waals surface area contributed by atoms with E-state index in [1.54, 1.807) is 6.92 Å². The molecule has 0 saturated heterocycles. The fraction of sp³-hybridized carbons (Fsp3) is 0.190. The van der Waals surface area contributed by atoms with Crippen LogP contribution in [-0.4, -0.2) is 23.3 Å². The maximum atomic E-state index is 12.9. The molecule has 6 heteroatoms. The van der Waals surface area contributed by atoms with E-state index in [0.717, 1.165) is 10.6 Å². The van der Waals surface area contributed by atoms with Crippen LogP contribution in [0.15, 0.2) is 54.6 Å². The van der Waals surface area contributed by atoms with Gasteiger partial charge in [0.2, 0.25) is 0 Å². The lowest BCUT2D eigenvalue weighted by molar-refractivity contribution is 0.0498. The normalized spacial score (nSPS) is 10.6. The molecule has 1 heterocycles. The van der Waals surface area contributed by atoms with E-state index in [2.05, 4.69) is 4.98 Å². The minimum Gasteiger partial charge on any atom is -0.461 e. The number of carbonyl (C=O) groups excluding carboxylic acids is 2. The molecule has 0 bridgehead atoms. The third-order valence-electron chi connectivity index (χ3n) is 3.95. The Hall–Kier alpha value is -2.86. The van der Waals surface area contributed by atoms with Crippen LogP contribution in [0.2, 0.25) is 0 Å². The number of benzene rings is 2. The number of halogens is 1. The highest BCUT2D eigenvalue weighted by molar-refractivity contribution is 7.17. The molecule has 0 amide bonds. The fourth-order valence-corrected chi connectivity index (χ4v) is 3.50. The lowest BCUT2D eigenvalue weighted by Gasteiger charge is -2.04. The Morgan fingerprint density at radius 1 is 1.07 bits per heavy atom. The maximum Gasteiger partial charge on any atom is 0.350 e. The molecule has 0 N–H and O–H groups in total. The van der Waals surface area contributed by atoms with Gasteiger partial charge in [-0.15, -0.1) is 11.3 Å². The van der Waals surface area contributed by atoms with Crippen LogP contribution in [0.25, 0.3) is 10.6 Å². The highest BCUT2D eigenvalue weighted by Gasteiger charge is 2.17. The van der Waals surface area contributed by atoms with Crippen molar-refractivity contribution in [3.63, 3.8) is 0 Å². The van der Waals surface area contributed by atoms with E-state index in [1.807, 2.05) is 30.3 Å². The Morgan fingerprint density at radius 3 is 2.48 bits per heavy atom. The number of carbonyl (C=O) groups is 2. The first-order valence-electron chi connectivity index (χ1n) is 8.53. The second-order valence-electron chi connectivity index (χ2n) is 5.97. The van der Waals surface area contributed by atoms with E-state index in [1.165, 1.54) is 35.6 Å². The van der Waals surface area contributed by atoms with Crippen molar-refractivity contribution in [3.05, 3.63) is 76.5 Å². The lowest BCUT2D eigenvalue weighted by atomic mass is 10.1. The number of ether oxygens (including phenoxy) is 1. The maximum absolute atomic E-state index is 12.9. The topological polar surface area (TPSA) is 56.3 Å². The molecule has 138 valence electrons. The molecular formula is C21H18FNO3S. The van der Waals surface area contributed by atoms with Gasteiger partial charge in [0, 0.05) is 17.5 Å². The van der Waals surface area contributed by atoms with Gasteiger partial charge in [-0.2, -0.15) is 0 Å². The molecule has 0 fully saturated rings. The standard InChI is InChI=1S/C21H18FNO3S/c1-14-19(27-20(23-14)16-6-3-2-4-7-16)21(25)26-13-5-8-18(24)15-9-11-17(22)12-10-15/h2-4,6-7,9-12H,5,8,13H2,1H3. The van der Waals surface area contributed by atoms with Crippen LogP contribution in [0, 0.1) is 12.7 Å². The summed E-state index contributed by atoms with van der Waals surface area (Å²) in [5.74, 6) is -0.914. The van der Waals surface area contributed by atoms with Crippen LogP contribution in [0.5, 0.6) is 0 Å². The molecule has 0 radical (unpaired) electrons. The highest BCUT2D eigenvalue weighted by atomic mass is 32.1. The molecule has 2 aromatic carbocycles. The summed E-state index contributed by atoms with van der Waals surface area (Å²) in [5.41, 5.74) is 2.04. The van der Waals surface area contributed by atoms with Gasteiger partial charge in [-0.25, -0.2) is 14.2 Å². The summed E-state index contributed by atoms with van der Waals surface area (Å²) in [4.78, 5) is 29.2. The molecule has 0 saturated carbocycles. The zero-order valence-corrected chi connectivity index (χ0v) is 15.6. The van der Waals surface area contributed by atoms with Crippen molar-refractivity contribution in [2.45, 2.75) is 19.8 Å². The molecule has 3 rings (SSSR count). The van der Waals surface area contributed by atoms with Crippen LogP contribution in [0.1, 0.15) is 38.6 Å². The van der Waals surface area contributed by atoms with Gasteiger partial charge in [0.1, 0.15) is 15.7 Å². The number of aryl methyl sites for hydroxylation is 1. The van der Waals surface area contributed by atoms with Crippen molar-refractivity contribution in [2.75, 3.05) is 6.61 Å². The van der Waals surface area contributed by atoms with E-state index in [-0.39, 0.29) is 24.6 Å². The quantitative estimate of drug-likeness (QED) is 0.324. The summed E-state index contributed by atoms with van der Waals surface area (Å²) >= 11 is 1.30. The Bertz CT molecular complexity index is 936. The monoisotopic (exact) mass is 383 g/mol. The number of rotatable bonds is 7. The first-order valence-corrected chi connectivity index (χ1v) is 9.35. The molecule has 0 aliphatic heterocycles. The SMILES string of the molecule is Cc1nc(-c2ccccc2)sc1C(=O)OCCCC(=O)c1ccc(F)cc1. The first-order chi connectivity index (χ1) is 13.0. The van der Waals surface area contributed by atoms with Gasteiger partial charge in [-0.05, 0) is 37.6 Å². The number of hydrogen-bond donors (Lipinski definition) is 0. The number of thiazole rings is 1. The van der Waals surface area contributed by atoms with Gasteiger partial charge in [-0.3, -0.25) is 4.79 Å². The zero-order valence-electron chi connectivity index (χ0n) is 14.8. The van der Waals surface area contributed by atoms with Gasteiger partial charge < -0.3 is 4.74 Å². The Kier molecular flexibility index (Phi) is 6.08. The number of nitrogens with zero attached hydrogens (tertiary/aromatic N) is 1. The van der Waals surface area contributed by atoms with E-state index in [4.69, 9.17) is 4.74 Å². The van der Waals surface area contributed by atoms with Crippen molar-refractivity contribution in [3.8, 4) is 10.6 Å². The van der Waals surface area contributed by atoms with Crippen LogP contribution in [0.3, 0.4) is 0 Å². The predicted octanol–water partition coefficient (Wildman–Crippen LogP) is 5.08. The number of ketones is 1. The van der Waals surface area contributed by atoms with Crippen LogP contribution in [0.4, 0.5) is 4.39 Å². The number of hydrogen-bond acceptors (Lipinski definition) is 5. The second kappa shape index (κ2) is 8.68. The van der Waals surface area contributed by atoms with Gasteiger partial charge in [0.05, 0.1) is 12.3 Å². The highest BCUT2D eigenvalue weighted by Crippen LogP contribution is 2.28. The second-order valence-corrected chi connectivity index (χ2v) is 6.97. The minimum absolute atomic E-state index is 0.105. The van der Waals surface area contributed by atoms with Gasteiger partial charge >= 0.3 is 5.97 Å². The Balaban J connectivity index is 1.52. The summed E-state index contributed by atoms with van der Waals surface area (Å²) in [6.07, 6.45) is 0.640. The summed E-state index contributed by atoms with van der Waals surface area (Å²) in [5, 5.41) is 0.770. The van der Waals surface area contributed by atoms with Crippen LogP contribution in [-0.2, 0) is 4.74 Å². The number of esters is 1. The molecule has 0 atom stereocenters. The van der Waals surface area contributed by atoms with Gasteiger partial charge in [0.25, 0.3) is 0 Å². The van der Waals surface area contributed by atoms with Gasteiger partial charge in [0.15, 0.2) is 5.78 Å².